The Labute approximate surface area is 144 Å². The maximum absolute atomic E-state index is 10.1. The number of carbonyl (C=O) groups excluding carboxylic acids is 1. The van der Waals surface area contributed by atoms with Crippen molar-refractivity contribution < 1.29 is 61.3 Å². The van der Waals surface area contributed by atoms with Crippen molar-refractivity contribution in [3.8, 4) is 0 Å². The van der Waals surface area contributed by atoms with E-state index in [2.05, 4.69) is 15.9 Å². The molecule has 0 amide bonds. The van der Waals surface area contributed by atoms with Gasteiger partial charge in [-0.25, -0.2) is 0 Å². The summed E-state index contributed by atoms with van der Waals surface area (Å²) in [4.78, 5) is 10.1. The molecule has 0 saturated heterocycles. The largest absolute Gasteiger partial charge is 1.00 e. The Kier molecular flexibility index (Phi) is 19.7. The molecule has 0 unspecified atom stereocenters. The van der Waals surface area contributed by atoms with Crippen molar-refractivity contribution in [2.24, 2.45) is 0 Å². The summed E-state index contributed by atoms with van der Waals surface area (Å²) in [5.41, 5.74) is 0. The number of hydrogen-bond donors (Lipinski definition) is 0. The average molecular weight is 303 g/mol. The van der Waals surface area contributed by atoms with E-state index >= 15 is 0 Å². The Morgan fingerprint density at radius 3 is 1.67 bits per heavy atom. The number of halogens is 1. The number of hydrogen-bond acceptors (Lipinski definition) is 2. The number of carbonyl (C=O) groups is 1. The van der Waals surface area contributed by atoms with Crippen molar-refractivity contribution in [2.45, 2.75) is 57.8 Å². The molecule has 0 N–H and O–H groups in total. The molecule has 0 bridgehead atoms. The molecule has 0 aliphatic heterocycles. The molecule has 0 aromatic heterocycles. The molecule has 0 radical (unpaired) electrons. The summed E-state index contributed by atoms with van der Waals surface area (Å²) in [7, 11) is 0. The molecule has 0 aliphatic rings. The van der Waals surface area contributed by atoms with Gasteiger partial charge in [0.2, 0.25) is 0 Å². The van der Waals surface area contributed by atoms with Crippen LogP contribution in [0, 0.1) is 0 Å². The summed E-state index contributed by atoms with van der Waals surface area (Å²) in [5, 5.41) is 11.2. The first-order chi connectivity index (χ1) is 6.77. The van der Waals surface area contributed by atoms with Gasteiger partial charge < -0.3 is 9.90 Å². The number of alkyl halides is 1. The zero-order chi connectivity index (χ0) is 10.6. The maximum atomic E-state index is 10.1. The summed E-state index contributed by atoms with van der Waals surface area (Å²) in [5.74, 6) is -0.915. The van der Waals surface area contributed by atoms with E-state index in [1.54, 1.807) is 0 Å². The maximum Gasteiger partial charge on any atom is 1.00 e. The molecular formula is C11H20BrKO2. The van der Waals surface area contributed by atoms with Gasteiger partial charge in [0.25, 0.3) is 0 Å². The van der Waals surface area contributed by atoms with Crippen molar-refractivity contribution in [1.82, 2.24) is 0 Å². The fourth-order valence-corrected chi connectivity index (χ4v) is 1.82. The Morgan fingerprint density at radius 2 is 1.27 bits per heavy atom. The van der Waals surface area contributed by atoms with Crippen LogP contribution in [0.3, 0.4) is 0 Å². The molecule has 0 rings (SSSR count). The summed E-state index contributed by atoms with van der Waals surface area (Å²) in [6.45, 7) is 0. The smallest absolute Gasteiger partial charge is 0.550 e. The quantitative estimate of drug-likeness (QED) is 0.314. The van der Waals surface area contributed by atoms with Crippen LogP contribution in [0.1, 0.15) is 57.8 Å². The minimum absolute atomic E-state index is 0. The molecule has 84 valence electrons. The molecule has 0 fully saturated rings. The standard InChI is InChI=1S/C11H21BrO2.K/c12-10-8-6-4-2-1-3-5-7-9-11(13)14;/h1-10H2,(H,13,14);/q;+1/p-1. The monoisotopic (exact) mass is 302 g/mol. The fraction of sp³-hybridized carbons (Fsp3) is 0.909. The van der Waals surface area contributed by atoms with E-state index in [0.29, 0.717) is 0 Å². The van der Waals surface area contributed by atoms with Gasteiger partial charge >= 0.3 is 51.4 Å². The fourth-order valence-electron chi connectivity index (χ4n) is 1.42. The van der Waals surface area contributed by atoms with Crippen molar-refractivity contribution >= 4 is 21.9 Å². The van der Waals surface area contributed by atoms with Crippen LogP contribution >= 0.6 is 15.9 Å². The van der Waals surface area contributed by atoms with Gasteiger partial charge in [0.05, 0.1) is 0 Å². The van der Waals surface area contributed by atoms with Crippen molar-refractivity contribution in [3.05, 3.63) is 0 Å². The first kappa shape index (κ1) is 18.9. The van der Waals surface area contributed by atoms with Crippen LogP contribution in [-0.4, -0.2) is 11.3 Å². The van der Waals surface area contributed by atoms with Gasteiger partial charge in [0, 0.05) is 11.3 Å². The molecule has 0 saturated carbocycles. The second-order valence-electron chi connectivity index (χ2n) is 3.64. The van der Waals surface area contributed by atoms with E-state index in [1.165, 1.54) is 38.5 Å². The minimum Gasteiger partial charge on any atom is -0.550 e. The molecule has 15 heavy (non-hydrogen) atoms. The van der Waals surface area contributed by atoms with Crippen LogP contribution in [0.25, 0.3) is 0 Å². The Morgan fingerprint density at radius 1 is 0.867 bits per heavy atom. The van der Waals surface area contributed by atoms with Gasteiger partial charge in [-0.2, -0.15) is 0 Å². The van der Waals surface area contributed by atoms with Crippen LogP contribution in [-0.2, 0) is 4.79 Å². The number of carboxylic acid groups (broad SMARTS) is 1. The molecule has 4 heteroatoms. The van der Waals surface area contributed by atoms with Gasteiger partial charge in [-0.1, -0.05) is 54.5 Å². The first-order valence-electron chi connectivity index (χ1n) is 5.53. The SMILES string of the molecule is O=C([O-])CCCCCCCCCCBr.[K+]. The molecule has 0 aromatic rings. The van der Waals surface area contributed by atoms with Crippen LogP contribution in [0.15, 0.2) is 0 Å². The Hall–Kier alpha value is 1.59. The molecule has 0 aliphatic carbocycles. The minimum atomic E-state index is -0.915. The molecule has 0 atom stereocenters. The van der Waals surface area contributed by atoms with Crippen molar-refractivity contribution in [1.29, 1.82) is 0 Å². The second kappa shape index (κ2) is 15.6. The molecule has 0 aromatic carbocycles. The van der Waals surface area contributed by atoms with E-state index in [-0.39, 0.29) is 57.8 Å². The van der Waals surface area contributed by atoms with E-state index in [0.717, 1.165) is 18.2 Å². The summed E-state index contributed by atoms with van der Waals surface area (Å²) < 4.78 is 0. The Bertz CT molecular complexity index is 143. The van der Waals surface area contributed by atoms with E-state index in [4.69, 9.17) is 0 Å². The van der Waals surface area contributed by atoms with Crippen LogP contribution in [0.4, 0.5) is 0 Å². The number of carboxylic acids is 1. The third-order valence-electron chi connectivity index (χ3n) is 2.26. The zero-order valence-electron chi connectivity index (χ0n) is 9.77. The van der Waals surface area contributed by atoms with E-state index in [1.807, 2.05) is 0 Å². The van der Waals surface area contributed by atoms with Crippen molar-refractivity contribution in [2.75, 3.05) is 5.33 Å². The predicted octanol–water partition coefficient (Wildman–Crippen LogP) is -0.354. The summed E-state index contributed by atoms with van der Waals surface area (Å²) >= 11 is 3.40. The Balaban J connectivity index is 0. The number of rotatable bonds is 10. The summed E-state index contributed by atoms with van der Waals surface area (Å²) in [6.07, 6.45) is 9.63. The zero-order valence-corrected chi connectivity index (χ0v) is 14.5. The van der Waals surface area contributed by atoms with E-state index in [9.17, 15) is 9.90 Å². The van der Waals surface area contributed by atoms with Gasteiger partial charge in [-0.15, -0.1) is 0 Å². The second-order valence-corrected chi connectivity index (χ2v) is 4.43. The first-order valence-corrected chi connectivity index (χ1v) is 6.65. The van der Waals surface area contributed by atoms with Crippen LogP contribution < -0.4 is 56.5 Å². The van der Waals surface area contributed by atoms with Crippen LogP contribution in [0.2, 0.25) is 0 Å². The molecule has 2 nitrogen and oxygen atoms in total. The summed E-state index contributed by atoms with van der Waals surface area (Å²) in [6, 6.07) is 0. The van der Waals surface area contributed by atoms with E-state index < -0.39 is 5.97 Å². The topological polar surface area (TPSA) is 40.1 Å². The van der Waals surface area contributed by atoms with Crippen molar-refractivity contribution in [3.63, 3.8) is 0 Å². The van der Waals surface area contributed by atoms with Gasteiger partial charge in [-0.3, -0.25) is 0 Å². The predicted molar refractivity (Wildman–Crippen MR) is 60.4 cm³/mol. The number of aliphatic carboxylic acids is 1. The van der Waals surface area contributed by atoms with Gasteiger partial charge in [0.1, 0.15) is 0 Å². The third-order valence-corrected chi connectivity index (χ3v) is 2.83. The molecule has 0 spiro atoms. The normalized spacial score (nSPS) is 9.67. The number of unbranched alkanes of at least 4 members (excludes halogenated alkanes) is 7. The average Bonchev–Trinajstić information content (AvgIpc) is 2.15. The molecule has 0 heterocycles. The third kappa shape index (κ3) is 18.2. The van der Waals surface area contributed by atoms with Gasteiger partial charge in [-0.05, 0) is 19.3 Å². The van der Waals surface area contributed by atoms with Crippen LogP contribution in [0.5, 0.6) is 0 Å². The van der Waals surface area contributed by atoms with Gasteiger partial charge in [0.15, 0.2) is 0 Å². The molecular weight excluding hydrogens is 283 g/mol.